The van der Waals surface area contributed by atoms with E-state index in [0.717, 1.165) is 21.2 Å². The van der Waals surface area contributed by atoms with E-state index in [1.807, 2.05) is 0 Å². The number of ether oxygens (including phenoxy) is 1. The van der Waals surface area contributed by atoms with Crippen LogP contribution in [0.1, 0.15) is 39.0 Å². The van der Waals surface area contributed by atoms with Gasteiger partial charge in [-0.1, -0.05) is 25.2 Å². The summed E-state index contributed by atoms with van der Waals surface area (Å²) in [6.45, 7) is 7.50. The topological polar surface area (TPSA) is 96.5 Å². The first-order valence-electron chi connectivity index (χ1n) is 10.1. The minimum absolute atomic E-state index is 0.0508. The molecule has 29 heavy (non-hydrogen) atoms. The zero-order chi connectivity index (χ0) is 20.8. The highest BCUT2D eigenvalue weighted by atomic mass is 32.2. The number of carbonyl (C=O) groups is 3. The first-order valence-corrected chi connectivity index (χ1v) is 11.8. The van der Waals surface area contributed by atoms with Gasteiger partial charge in [0.05, 0.1) is 23.0 Å². The Kier molecular flexibility index (Phi) is 4.14. The number of aromatic amines is 1. The van der Waals surface area contributed by atoms with Gasteiger partial charge in [-0.25, -0.2) is 0 Å². The van der Waals surface area contributed by atoms with Gasteiger partial charge in [-0.3, -0.25) is 24.1 Å². The van der Waals surface area contributed by atoms with Crippen molar-refractivity contribution in [3.8, 4) is 0 Å². The van der Waals surface area contributed by atoms with Crippen LogP contribution in [-0.4, -0.2) is 45.6 Å². The lowest BCUT2D eigenvalue weighted by Gasteiger charge is -2.47. The molecule has 4 aliphatic rings. The molecule has 1 saturated heterocycles. The Bertz CT molecular complexity index is 980. The number of esters is 1. The number of nitrogens with one attached hydrogen (secondary N) is 1. The molecule has 2 amide bonds. The summed E-state index contributed by atoms with van der Waals surface area (Å²) < 4.78 is 5.15. The quantitative estimate of drug-likeness (QED) is 0.575. The monoisotopic (exact) mass is 436 g/mol. The summed E-state index contributed by atoms with van der Waals surface area (Å²) in [5, 5.41) is 1.12. The van der Waals surface area contributed by atoms with E-state index in [4.69, 9.17) is 4.74 Å². The molecule has 156 valence electrons. The summed E-state index contributed by atoms with van der Waals surface area (Å²) in [6.07, 6.45) is 0.578. The number of aromatic nitrogens is 1. The van der Waals surface area contributed by atoms with Crippen LogP contribution in [0.15, 0.2) is 9.82 Å². The van der Waals surface area contributed by atoms with Crippen LogP contribution in [0.3, 0.4) is 0 Å². The minimum Gasteiger partial charge on any atom is -0.462 e. The molecule has 3 heterocycles. The number of amides is 2. The van der Waals surface area contributed by atoms with E-state index in [0.29, 0.717) is 0 Å². The van der Waals surface area contributed by atoms with Crippen molar-refractivity contribution in [2.45, 2.75) is 55.9 Å². The van der Waals surface area contributed by atoms with Gasteiger partial charge in [0.1, 0.15) is 6.54 Å². The van der Waals surface area contributed by atoms with Gasteiger partial charge in [0.15, 0.2) is 0 Å². The lowest BCUT2D eigenvalue weighted by Crippen LogP contribution is -2.48. The predicted octanol–water partition coefficient (Wildman–Crippen LogP) is 2.01. The number of hydrogen-bond donors (Lipinski definition) is 1. The first-order chi connectivity index (χ1) is 13.6. The van der Waals surface area contributed by atoms with Crippen molar-refractivity contribution in [3.05, 3.63) is 14.5 Å². The van der Waals surface area contributed by atoms with E-state index in [9.17, 15) is 19.2 Å². The fraction of sp³-hybridized carbons (Fsp3) is 0.700. The Balaban J connectivity index is 1.46. The van der Waals surface area contributed by atoms with Crippen LogP contribution in [-0.2, 0) is 24.5 Å². The summed E-state index contributed by atoms with van der Waals surface area (Å²) in [7, 11) is 0. The number of thiazole rings is 1. The molecule has 6 atom stereocenters. The largest absolute Gasteiger partial charge is 0.462 e. The van der Waals surface area contributed by atoms with Crippen LogP contribution in [0.4, 0.5) is 0 Å². The van der Waals surface area contributed by atoms with Gasteiger partial charge in [0.2, 0.25) is 11.8 Å². The number of imide groups is 1. The molecule has 2 bridgehead atoms. The Morgan fingerprint density at radius 3 is 2.52 bits per heavy atom. The van der Waals surface area contributed by atoms with Crippen molar-refractivity contribution in [1.29, 1.82) is 0 Å². The van der Waals surface area contributed by atoms with Gasteiger partial charge < -0.3 is 9.72 Å². The molecule has 1 N–H and O–H groups in total. The summed E-state index contributed by atoms with van der Waals surface area (Å²) in [6, 6.07) is 0. The molecule has 0 aromatic carbocycles. The molecule has 0 spiro atoms. The van der Waals surface area contributed by atoms with Crippen LogP contribution in [0.2, 0.25) is 0 Å². The summed E-state index contributed by atoms with van der Waals surface area (Å²) >= 11 is 2.93. The summed E-state index contributed by atoms with van der Waals surface area (Å²) in [5.74, 6) is -1.26. The van der Waals surface area contributed by atoms with E-state index < -0.39 is 5.97 Å². The smallest absolute Gasteiger partial charge is 0.326 e. The van der Waals surface area contributed by atoms with Gasteiger partial charge in [0, 0.05) is 15.5 Å². The van der Waals surface area contributed by atoms with Gasteiger partial charge in [-0.2, -0.15) is 0 Å². The van der Waals surface area contributed by atoms with Crippen LogP contribution < -0.4 is 4.87 Å². The molecule has 2 aliphatic heterocycles. The van der Waals surface area contributed by atoms with E-state index in [1.54, 1.807) is 25.6 Å². The third kappa shape index (κ3) is 2.55. The van der Waals surface area contributed by atoms with Crippen molar-refractivity contribution >= 4 is 40.9 Å². The molecule has 2 saturated carbocycles. The van der Waals surface area contributed by atoms with Crippen molar-refractivity contribution in [3.63, 3.8) is 0 Å². The molecular weight excluding hydrogens is 412 g/mol. The number of fused-ring (bicyclic) bond motifs is 9. The predicted molar refractivity (Wildman–Crippen MR) is 108 cm³/mol. The summed E-state index contributed by atoms with van der Waals surface area (Å²) in [4.78, 5) is 55.5. The molecule has 7 nitrogen and oxygen atoms in total. The molecule has 0 radical (unpaired) electrons. The zero-order valence-corrected chi connectivity index (χ0v) is 18.4. The van der Waals surface area contributed by atoms with Crippen LogP contribution in [0, 0.1) is 29.6 Å². The van der Waals surface area contributed by atoms with Gasteiger partial charge in [-0.05, 0) is 38.0 Å². The number of carbonyl (C=O) groups excluding carboxylic acids is 3. The second-order valence-electron chi connectivity index (χ2n) is 9.42. The van der Waals surface area contributed by atoms with Crippen LogP contribution in [0.5, 0.6) is 0 Å². The number of nitrogens with zero attached hydrogens (tertiary/aromatic N) is 1. The van der Waals surface area contributed by atoms with E-state index in [1.165, 1.54) is 11.3 Å². The lowest BCUT2D eigenvalue weighted by molar-refractivity contribution is -0.155. The maximum Gasteiger partial charge on any atom is 0.326 e. The number of H-pyrrole nitrogens is 1. The van der Waals surface area contributed by atoms with Crippen molar-refractivity contribution in [1.82, 2.24) is 9.88 Å². The number of hydrogen-bond acceptors (Lipinski definition) is 7. The second kappa shape index (κ2) is 6.20. The Labute approximate surface area is 176 Å². The SMILES string of the molecule is CC(C)OC(=O)CN1C(=O)[C@H]2[C@H]3C[C@@H]([C@@H]2C1=O)[C@@H]1[C@@H]3Sc2[nH]c(=O)sc2C1(C)C. The minimum atomic E-state index is -0.541. The van der Waals surface area contributed by atoms with E-state index in [-0.39, 0.29) is 69.6 Å². The molecule has 0 unspecified atom stereocenters. The third-order valence-electron chi connectivity index (χ3n) is 7.14. The molecule has 3 fully saturated rings. The lowest BCUT2D eigenvalue weighted by atomic mass is 9.64. The molecule has 1 aromatic heterocycles. The van der Waals surface area contributed by atoms with Gasteiger partial charge in [0.25, 0.3) is 0 Å². The standard InChI is InChI=1S/C20H24N2O5S2/c1-7(2)27-10(23)6-22-17(24)11-8-5-9(12(11)18(22)25)14-13(8)20(3,4)15-16(28-14)21-19(26)29-15/h7-9,11-14H,5-6H2,1-4H3,(H,21,26)/t8-,9+,11-,12-,13+,14+/m0/s1. The molecule has 2 aliphatic carbocycles. The average molecular weight is 437 g/mol. The molecule has 9 heteroatoms. The molecule has 5 rings (SSSR count). The van der Waals surface area contributed by atoms with E-state index in [2.05, 4.69) is 18.8 Å². The molecule has 1 aromatic rings. The number of rotatable bonds is 3. The first kappa shape index (κ1) is 19.4. The Hall–Kier alpha value is -1.61. The van der Waals surface area contributed by atoms with Gasteiger partial charge >= 0.3 is 10.8 Å². The Morgan fingerprint density at radius 1 is 1.21 bits per heavy atom. The highest BCUT2D eigenvalue weighted by molar-refractivity contribution is 8.00. The normalized spacial score (nSPS) is 36.4. The Morgan fingerprint density at radius 2 is 1.86 bits per heavy atom. The van der Waals surface area contributed by atoms with E-state index >= 15 is 0 Å². The highest BCUT2D eigenvalue weighted by Crippen LogP contribution is 2.68. The van der Waals surface area contributed by atoms with Gasteiger partial charge in [-0.15, -0.1) is 11.8 Å². The maximum absolute atomic E-state index is 13.2. The number of thioether (sulfide) groups is 1. The number of likely N-dealkylation sites (tertiary alicyclic amines) is 1. The maximum atomic E-state index is 13.2. The van der Waals surface area contributed by atoms with Crippen LogP contribution >= 0.6 is 23.1 Å². The average Bonchev–Trinajstić information content (AvgIpc) is 3.32. The zero-order valence-electron chi connectivity index (χ0n) is 16.8. The third-order valence-corrected chi connectivity index (χ3v) is 9.94. The van der Waals surface area contributed by atoms with Crippen molar-refractivity contribution in [2.75, 3.05) is 6.54 Å². The highest BCUT2D eigenvalue weighted by Gasteiger charge is 2.70. The fourth-order valence-electron chi connectivity index (χ4n) is 6.30. The second-order valence-corrected chi connectivity index (χ2v) is 11.6. The molecular formula is C20H24N2O5S2. The van der Waals surface area contributed by atoms with Crippen molar-refractivity contribution in [2.24, 2.45) is 29.6 Å². The fourth-order valence-corrected chi connectivity index (χ4v) is 9.45. The van der Waals surface area contributed by atoms with Crippen LogP contribution in [0.25, 0.3) is 0 Å². The van der Waals surface area contributed by atoms with Crippen molar-refractivity contribution < 1.29 is 19.1 Å². The summed E-state index contributed by atoms with van der Waals surface area (Å²) in [5.41, 5.74) is -0.229.